The molecule has 0 saturated heterocycles. The van der Waals surface area contributed by atoms with Crippen LogP contribution in [0.1, 0.15) is 35.7 Å². The third-order valence-corrected chi connectivity index (χ3v) is 2.84. The van der Waals surface area contributed by atoms with Gasteiger partial charge in [0.25, 0.3) is 5.91 Å². The molecule has 0 heterocycles. The van der Waals surface area contributed by atoms with E-state index >= 15 is 0 Å². The number of nitrogens with zero attached hydrogens (tertiary/aromatic N) is 1. The van der Waals surface area contributed by atoms with E-state index in [9.17, 15) is 18.0 Å². The number of carbonyl (C=O) groups excluding carboxylic acids is 1. The summed E-state index contributed by atoms with van der Waals surface area (Å²) < 4.78 is 38.1. The van der Waals surface area contributed by atoms with Gasteiger partial charge in [0, 0.05) is 13.6 Å². The number of rotatable bonds is 4. The van der Waals surface area contributed by atoms with Crippen molar-refractivity contribution in [3.63, 3.8) is 0 Å². The minimum Gasteiger partial charge on any atom is -0.398 e. The van der Waals surface area contributed by atoms with Crippen LogP contribution in [0.15, 0.2) is 18.2 Å². The fourth-order valence-electron chi connectivity index (χ4n) is 1.70. The molecule has 0 aliphatic rings. The number of carbonyl (C=O) groups is 1. The second-order valence-corrected chi connectivity index (χ2v) is 4.34. The van der Waals surface area contributed by atoms with Gasteiger partial charge in [-0.05, 0) is 18.6 Å². The van der Waals surface area contributed by atoms with Crippen LogP contribution in [0.2, 0.25) is 0 Å². The van der Waals surface area contributed by atoms with Crippen molar-refractivity contribution in [2.45, 2.75) is 25.9 Å². The lowest BCUT2D eigenvalue weighted by Gasteiger charge is -2.19. The van der Waals surface area contributed by atoms with Gasteiger partial charge in [-0.25, -0.2) is 0 Å². The molecular formula is C13H17F3N2O. The zero-order valence-electron chi connectivity index (χ0n) is 10.9. The van der Waals surface area contributed by atoms with Crippen LogP contribution < -0.4 is 5.73 Å². The Balaban J connectivity index is 3.05. The number of hydrogen-bond acceptors (Lipinski definition) is 2. The maximum absolute atomic E-state index is 12.7. The first-order valence-electron chi connectivity index (χ1n) is 6.00. The van der Waals surface area contributed by atoms with E-state index in [0.717, 1.165) is 18.9 Å². The van der Waals surface area contributed by atoms with Gasteiger partial charge in [0.1, 0.15) is 0 Å². The zero-order chi connectivity index (χ0) is 14.6. The summed E-state index contributed by atoms with van der Waals surface area (Å²) in [7, 11) is 1.55. The Bertz CT molecular complexity index is 458. The molecular weight excluding hydrogens is 257 g/mol. The largest absolute Gasteiger partial charge is 0.418 e. The van der Waals surface area contributed by atoms with Crippen molar-refractivity contribution in [1.82, 2.24) is 4.90 Å². The first-order chi connectivity index (χ1) is 8.79. The lowest BCUT2D eigenvalue weighted by atomic mass is 10.1. The Morgan fingerprint density at radius 2 is 2.00 bits per heavy atom. The van der Waals surface area contributed by atoms with Crippen molar-refractivity contribution in [2.75, 3.05) is 19.3 Å². The van der Waals surface area contributed by atoms with Crippen molar-refractivity contribution in [3.8, 4) is 0 Å². The highest BCUT2D eigenvalue weighted by Gasteiger charge is 2.34. The van der Waals surface area contributed by atoms with Gasteiger partial charge in [-0.1, -0.05) is 19.4 Å². The van der Waals surface area contributed by atoms with Gasteiger partial charge in [0.05, 0.1) is 16.8 Å². The lowest BCUT2D eigenvalue weighted by Crippen LogP contribution is -2.29. The molecule has 0 bridgehead atoms. The van der Waals surface area contributed by atoms with Crippen LogP contribution in [0.4, 0.5) is 18.9 Å². The third-order valence-electron chi connectivity index (χ3n) is 2.84. The van der Waals surface area contributed by atoms with Crippen LogP contribution in [-0.2, 0) is 6.18 Å². The number of nitrogens with two attached hydrogens (primary N) is 1. The van der Waals surface area contributed by atoms with Crippen LogP contribution in [0.25, 0.3) is 0 Å². The Labute approximate surface area is 110 Å². The molecule has 0 saturated carbocycles. The molecule has 0 aromatic heterocycles. The molecule has 0 aliphatic carbocycles. The summed E-state index contributed by atoms with van der Waals surface area (Å²) in [5.74, 6) is -0.489. The second kappa shape index (κ2) is 5.95. The molecule has 1 aromatic rings. The van der Waals surface area contributed by atoms with E-state index in [2.05, 4.69) is 0 Å². The van der Waals surface area contributed by atoms with Crippen LogP contribution in [0, 0.1) is 0 Å². The van der Waals surface area contributed by atoms with E-state index < -0.39 is 23.3 Å². The highest BCUT2D eigenvalue weighted by Crippen LogP contribution is 2.35. The molecule has 1 amide bonds. The average Bonchev–Trinajstić information content (AvgIpc) is 2.34. The van der Waals surface area contributed by atoms with Crippen LogP contribution in [-0.4, -0.2) is 24.4 Å². The van der Waals surface area contributed by atoms with E-state index in [1.54, 1.807) is 7.05 Å². The van der Waals surface area contributed by atoms with Gasteiger partial charge < -0.3 is 10.6 Å². The van der Waals surface area contributed by atoms with Crippen molar-refractivity contribution in [1.29, 1.82) is 0 Å². The minimum absolute atomic E-state index is 0.103. The third kappa shape index (κ3) is 3.62. The summed E-state index contributed by atoms with van der Waals surface area (Å²) in [4.78, 5) is 13.4. The topological polar surface area (TPSA) is 46.3 Å². The molecule has 1 aromatic carbocycles. The quantitative estimate of drug-likeness (QED) is 0.857. The van der Waals surface area contributed by atoms with E-state index in [0.29, 0.717) is 6.54 Å². The first kappa shape index (κ1) is 15.3. The van der Waals surface area contributed by atoms with Gasteiger partial charge in [0.2, 0.25) is 0 Å². The number of amides is 1. The summed E-state index contributed by atoms with van der Waals surface area (Å²) >= 11 is 0. The Kier molecular flexibility index (Phi) is 4.80. The second-order valence-electron chi connectivity index (χ2n) is 4.34. The van der Waals surface area contributed by atoms with Crippen molar-refractivity contribution < 1.29 is 18.0 Å². The summed E-state index contributed by atoms with van der Waals surface area (Å²) in [5, 5.41) is 0. The standard InChI is InChI=1S/C13H17F3N2O/c1-3-4-8-18(2)12(19)9-6-5-7-10(11(9)17)13(14,15)16/h5-7H,3-4,8,17H2,1-2H3. The van der Waals surface area contributed by atoms with E-state index in [-0.39, 0.29) is 5.56 Å². The van der Waals surface area contributed by atoms with Crippen molar-refractivity contribution in [2.24, 2.45) is 0 Å². The average molecular weight is 274 g/mol. The Morgan fingerprint density at radius 3 is 2.53 bits per heavy atom. The van der Waals surface area contributed by atoms with Crippen molar-refractivity contribution >= 4 is 11.6 Å². The minimum atomic E-state index is -4.55. The number of unbranched alkanes of at least 4 members (excludes halogenated alkanes) is 1. The van der Waals surface area contributed by atoms with Gasteiger partial charge in [-0.3, -0.25) is 4.79 Å². The van der Waals surface area contributed by atoms with Gasteiger partial charge in [0.15, 0.2) is 0 Å². The number of anilines is 1. The van der Waals surface area contributed by atoms with Crippen LogP contribution in [0.3, 0.4) is 0 Å². The summed E-state index contributed by atoms with van der Waals surface area (Å²) in [6.45, 7) is 2.46. The molecule has 0 spiro atoms. The molecule has 0 fully saturated rings. The van der Waals surface area contributed by atoms with Gasteiger partial charge >= 0.3 is 6.18 Å². The fraction of sp³-hybridized carbons (Fsp3) is 0.462. The smallest absolute Gasteiger partial charge is 0.398 e. The summed E-state index contributed by atoms with van der Waals surface area (Å²) in [6, 6.07) is 3.38. The summed E-state index contributed by atoms with van der Waals surface area (Å²) in [6.07, 6.45) is -2.86. The molecule has 0 unspecified atom stereocenters. The number of hydrogen-bond donors (Lipinski definition) is 1. The number of alkyl halides is 3. The predicted octanol–water partition coefficient (Wildman–Crippen LogP) is 3.16. The maximum atomic E-state index is 12.7. The molecule has 0 aliphatic heterocycles. The Morgan fingerprint density at radius 1 is 1.37 bits per heavy atom. The van der Waals surface area contributed by atoms with Gasteiger partial charge in [-0.2, -0.15) is 13.2 Å². The molecule has 2 N–H and O–H groups in total. The number of para-hydroxylation sites is 1. The van der Waals surface area contributed by atoms with Crippen LogP contribution in [0.5, 0.6) is 0 Å². The Hall–Kier alpha value is -1.72. The maximum Gasteiger partial charge on any atom is 0.418 e. The molecule has 0 atom stereocenters. The molecule has 3 nitrogen and oxygen atoms in total. The molecule has 106 valence electrons. The van der Waals surface area contributed by atoms with Crippen LogP contribution >= 0.6 is 0 Å². The monoisotopic (exact) mass is 274 g/mol. The molecule has 19 heavy (non-hydrogen) atoms. The number of halogens is 3. The summed E-state index contributed by atoms with van der Waals surface area (Å²) in [5.41, 5.74) is 3.89. The number of benzene rings is 1. The predicted molar refractivity (Wildman–Crippen MR) is 67.7 cm³/mol. The normalized spacial score (nSPS) is 11.4. The zero-order valence-corrected chi connectivity index (χ0v) is 10.9. The van der Waals surface area contributed by atoms with E-state index in [1.807, 2.05) is 6.92 Å². The van der Waals surface area contributed by atoms with E-state index in [4.69, 9.17) is 5.73 Å². The SMILES string of the molecule is CCCCN(C)C(=O)c1cccc(C(F)(F)F)c1N. The highest BCUT2D eigenvalue weighted by molar-refractivity contribution is 5.99. The number of nitrogen functional groups attached to an aromatic ring is 1. The lowest BCUT2D eigenvalue weighted by molar-refractivity contribution is -0.136. The van der Waals surface area contributed by atoms with E-state index in [1.165, 1.54) is 17.0 Å². The highest BCUT2D eigenvalue weighted by atomic mass is 19.4. The fourth-order valence-corrected chi connectivity index (χ4v) is 1.70. The molecule has 1 rings (SSSR count). The van der Waals surface area contributed by atoms with Gasteiger partial charge in [-0.15, -0.1) is 0 Å². The van der Waals surface area contributed by atoms with Crippen molar-refractivity contribution in [3.05, 3.63) is 29.3 Å². The molecule has 6 heteroatoms. The molecule has 0 radical (unpaired) electrons. The first-order valence-corrected chi connectivity index (χ1v) is 6.00.